The van der Waals surface area contributed by atoms with Crippen LogP contribution in [0.25, 0.3) is 22.4 Å². The van der Waals surface area contributed by atoms with Crippen LogP contribution in [0.1, 0.15) is 6.42 Å². The third-order valence-electron chi connectivity index (χ3n) is 3.82. The van der Waals surface area contributed by atoms with Crippen molar-refractivity contribution in [2.24, 2.45) is 0 Å². The SMILES string of the molecule is O=C1CC=CC=C2C=c3c(ccc4ccccc34)=C12. The van der Waals surface area contributed by atoms with Crippen LogP contribution in [0.4, 0.5) is 0 Å². The fourth-order valence-corrected chi connectivity index (χ4v) is 2.94. The van der Waals surface area contributed by atoms with E-state index in [0.717, 1.165) is 16.4 Å². The van der Waals surface area contributed by atoms with E-state index >= 15 is 0 Å². The zero-order valence-corrected chi connectivity index (χ0v) is 10.4. The Morgan fingerprint density at radius 1 is 1.00 bits per heavy atom. The molecule has 90 valence electrons. The lowest BCUT2D eigenvalue weighted by Crippen LogP contribution is -2.25. The second-order valence-electron chi connectivity index (χ2n) is 4.94. The van der Waals surface area contributed by atoms with Crippen LogP contribution >= 0.6 is 0 Å². The van der Waals surface area contributed by atoms with E-state index in [0.29, 0.717) is 6.42 Å². The van der Waals surface area contributed by atoms with Gasteiger partial charge in [0.1, 0.15) is 0 Å². The van der Waals surface area contributed by atoms with Gasteiger partial charge in [-0.3, -0.25) is 4.79 Å². The van der Waals surface area contributed by atoms with Gasteiger partial charge in [0.15, 0.2) is 5.78 Å². The van der Waals surface area contributed by atoms with E-state index in [1.807, 2.05) is 30.4 Å². The number of hydrogen-bond donors (Lipinski definition) is 0. The van der Waals surface area contributed by atoms with E-state index in [-0.39, 0.29) is 5.78 Å². The van der Waals surface area contributed by atoms with E-state index in [1.165, 1.54) is 16.0 Å². The predicted octanol–water partition coefficient (Wildman–Crippen LogP) is 2.24. The maximum atomic E-state index is 12.2. The number of benzene rings is 2. The lowest BCUT2D eigenvalue weighted by atomic mass is 10.0. The topological polar surface area (TPSA) is 17.1 Å². The van der Waals surface area contributed by atoms with Gasteiger partial charge in [-0.1, -0.05) is 54.6 Å². The number of allylic oxidation sites excluding steroid dienone is 4. The highest BCUT2D eigenvalue weighted by atomic mass is 16.1. The van der Waals surface area contributed by atoms with Crippen LogP contribution in [0.2, 0.25) is 0 Å². The van der Waals surface area contributed by atoms with E-state index in [1.54, 1.807) is 0 Å². The van der Waals surface area contributed by atoms with Crippen LogP contribution in [-0.2, 0) is 4.79 Å². The average Bonchev–Trinajstić information content (AvgIpc) is 2.72. The Kier molecular flexibility index (Phi) is 2.10. The van der Waals surface area contributed by atoms with Gasteiger partial charge >= 0.3 is 0 Å². The summed E-state index contributed by atoms with van der Waals surface area (Å²) in [5, 5.41) is 4.71. The lowest BCUT2D eigenvalue weighted by Gasteiger charge is -2.00. The van der Waals surface area contributed by atoms with Crippen LogP contribution in [0.3, 0.4) is 0 Å². The summed E-state index contributed by atoms with van der Waals surface area (Å²) >= 11 is 0. The quantitative estimate of drug-likeness (QED) is 0.694. The van der Waals surface area contributed by atoms with Gasteiger partial charge in [0.05, 0.1) is 0 Å². The third-order valence-corrected chi connectivity index (χ3v) is 3.82. The first-order valence-electron chi connectivity index (χ1n) is 6.49. The second-order valence-corrected chi connectivity index (χ2v) is 4.94. The summed E-state index contributed by atoms with van der Waals surface area (Å²) in [5.41, 5.74) is 1.93. The largest absolute Gasteiger partial charge is 0.294 e. The molecule has 2 aromatic carbocycles. The molecule has 19 heavy (non-hydrogen) atoms. The van der Waals surface area contributed by atoms with Gasteiger partial charge in [0.25, 0.3) is 0 Å². The van der Waals surface area contributed by atoms with Crippen LogP contribution in [0.15, 0.2) is 60.2 Å². The molecule has 0 saturated heterocycles. The summed E-state index contributed by atoms with van der Waals surface area (Å²) in [4.78, 5) is 12.2. The number of rotatable bonds is 0. The zero-order valence-electron chi connectivity index (χ0n) is 10.4. The highest BCUT2D eigenvalue weighted by Gasteiger charge is 2.19. The Morgan fingerprint density at radius 2 is 1.89 bits per heavy atom. The third kappa shape index (κ3) is 1.45. The fourth-order valence-electron chi connectivity index (χ4n) is 2.94. The molecule has 0 unspecified atom stereocenters. The van der Waals surface area contributed by atoms with Crippen molar-refractivity contribution in [3.63, 3.8) is 0 Å². The number of ketones is 1. The van der Waals surface area contributed by atoms with Crippen LogP contribution < -0.4 is 10.4 Å². The standard InChI is InChI=1S/C18H12O/c19-17-8-4-2-6-13-11-16-14-7-3-1-5-12(14)9-10-15(16)18(13)17/h1-7,9-11H,8H2. The lowest BCUT2D eigenvalue weighted by molar-refractivity contribution is -0.113. The van der Waals surface area contributed by atoms with Gasteiger partial charge in [0, 0.05) is 12.0 Å². The first kappa shape index (κ1) is 10.5. The number of hydrogen-bond acceptors (Lipinski definition) is 1. The summed E-state index contributed by atoms with van der Waals surface area (Å²) in [5.74, 6) is 0.213. The predicted molar refractivity (Wildman–Crippen MR) is 77.9 cm³/mol. The molecule has 0 amide bonds. The molecular weight excluding hydrogens is 232 g/mol. The van der Waals surface area contributed by atoms with E-state index < -0.39 is 0 Å². The minimum absolute atomic E-state index is 0.213. The van der Waals surface area contributed by atoms with Crippen molar-refractivity contribution < 1.29 is 4.79 Å². The Hall–Kier alpha value is -2.41. The Labute approximate surface area is 110 Å². The maximum Gasteiger partial charge on any atom is 0.167 e. The normalized spacial score (nSPS) is 16.7. The average molecular weight is 244 g/mol. The Morgan fingerprint density at radius 3 is 2.84 bits per heavy atom. The molecule has 0 saturated carbocycles. The molecular formula is C18H12O. The second kappa shape index (κ2) is 3.79. The summed E-state index contributed by atoms with van der Waals surface area (Å²) in [6.07, 6.45) is 8.57. The molecule has 1 heteroatoms. The van der Waals surface area contributed by atoms with Crippen molar-refractivity contribution in [2.75, 3.05) is 0 Å². The molecule has 0 heterocycles. The summed E-state index contributed by atoms with van der Waals surface area (Å²) < 4.78 is 0. The van der Waals surface area contributed by atoms with E-state index in [9.17, 15) is 4.79 Å². The van der Waals surface area contributed by atoms with Crippen molar-refractivity contribution in [2.45, 2.75) is 6.42 Å². The summed E-state index contributed by atoms with van der Waals surface area (Å²) in [7, 11) is 0. The molecule has 0 atom stereocenters. The smallest absolute Gasteiger partial charge is 0.167 e. The highest BCUT2D eigenvalue weighted by molar-refractivity contribution is 6.25. The fraction of sp³-hybridized carbons (Fsp3) is 0.0556. The van der Waals surface area contributed by atoms with Crippen LogP contribution in [0, 0.1) is 0 Å². The molecule has 0 aliphatic heterocycles. The Bertz CT molecular complexity index is 895. The van der Waals surface area contributed by atoms with Gasteiger partial charge in [-0.25, -0.2) is 0 Å². The van der Waals surface area contributed by atoms with Crippen molar-refractivity contribution in [3.8, 4) is 0 Å². The molecule has 4 rings (SSSR count). The number of carbonyl (C=O) groups excluding carboxylic acids is 1. The minimum Gasteiger partial charge on any atom is -0.294 e. The molecule has 0 radical (unpaired) electrons. The van der Waals surface area contributed by atoms with Crippen molar-refractivity contribution in [3.05, 3.63) is 70.6 Å². The number of fused-ring (bicyclic) bond motifs is 4. The summed E-state index contributed by atoms with van der Waals surface area (Å²) in [6, 6.07) is 12.5. The van der Waals surface area contributed by atoms with Crippen LogP contribution in [-0.4, -0.2) is 5.78 Å². The van der Waals surface area contributed by atoms with E-state index in [2.05, 4.69) is 30.3 Å². The first-order chi connectivity index (χ1) is 9.34. The van der Waals surface area contributed by atoms with Crippen molar-refractivity contribution in [1.29, 1.82) is 0 Å². The molecule has 2 aromatic rings. The summed E-state index contributed by atoms with van der Waals surface area (Å²) in [6.45, 7) is 0. The van der Waals surface area contributed by atoms with Gasteiger partial charge in [-0.15, -0.1) is 0 Å². The van der Waals surface area contributed by atoms with Crippen LogP contribution in [0.5, 0.6) is 0 Å². The van der Waals surface area contributed by atoms with Gasteiger partial charge < -0.3 is 0 Å². The number of Topliss-reactive ketones (excluding diaryl/α,β-unsaturated/α-hetero) is 1. The molecule has 0 bridgehead atoms. The molecule has 2 aliphatic rings. The first-order valence-corrected chi connectivity index (χ1v) is 6.49. The van der Waals surface area contributed by atoms with Crippen molar-refractivity contribution >= 4 is 28.2 Å². The molecule has 2 aliphatic carbocycles. The molecule has 0 spiro atoms. The number of carbonyl (C=O) groups is 1. The Balaban J connectivity index is 2.23. The zero-order chi connectivity index (χ0) is 12.8. The molecule has 1 nitrogen and oxygen atoms in total. The van der Waals surface area contributed by atoms with Gasteiger partial charge in [-0.05, 0) is 32.9 Å². The molecule has 0 fully saturated rings. The molecule has 0 aromatic heterocycles. The minimum atomic E-state index is 0.213. The maximum absolute atomic E-state index is 12.2. The van der Waals surface area contributed by atoms with Gasteiger partial charge in [-0.2, -0.15) is 0 Å². The van der Waals surface area contributed by atoms with E-state index in [4.69, 9.17) is 0 Å². The van der Waals surface area contributed by atoms with Crippen molar-refractivity contribution in [1.82, 2.24) is 0 Å². The monoisotopic (exact) mass is 244 g/mol. The molecule has 0 N–H and O–H groups in total. The highest BCUT2D eigenvalue weighted by Crippen LogP contribution is 2.21. The van der Waals surface area contributed by atoms with Gasteiger partial charge in [0.2, 0.25) is 0 Å².